The number of nitrogens with zero attached hydrogens (tertiary/aromatic N) is 2. The van der Waals surface area contributed by atoms with Crippen LogP contribution in [-0.4, -0.2) is 35.5 Å². The fourth-order valence-corrected chi connectivity index (χ4v) is 3.09. The summed E-state index contributed by atoms with van der Waals surface area (Å²) < 4.78 is 19.7. The van der Waals surface area contributed by atoms with E-state index < -0.39 is 5.97 Å². The third kappa shape index (κ3) is 3.69. The molecule has 0 aliphatic carbocycles. The molecule has 0 saturated carbocycles. The Morgan fingerprint density at radius 2 is 1.81 bits per heavy atom. The van der Waals surface area contributed by atoms with Crippen LogP contribution in [-0.2, 0) is 16.1 Å². The summed E-state index contributed by atoms with van der Waals surface area (Å²) in [5.41, 5.74) is 2.06. The van der Waals surface area contributed by atoms with Crippen LogP contribution in [0.5, 0.6) is 0 Å². The zero-order valence-electron chi connectivity index (χ0n) is 15.5. The number of likely N-dealkylation sites (N-methyl/N-ethyl adjacent to an activating group) is 1. The number of para-hydroxylation sites is 1. The Hall–Kier alpha value is -3.15. The maximum Gasteiger partial charge on any atom is 0.340 e. The number of halogens is 1. The summed E-state index contributed by atoms with van der Waals surface area (Å²) in [6.07, 6.45) is 1.64. The molecule has 1 amide bonds. The Bertz CT molecular complexity index is 979. The van der Waals surface area contributed by atoms with E-state index in [2.05, 4.69) is 0 Å². The fraction of sp³-hybridized carbons (Fsp3) is 0.238. The third-order valence-corrected chi connectivity index (χ3v) is 4.83. The number of ether oxygens (including phenoxy) is 1. The van der Waals surface area contributed by atoms with E-state index in [9.17, 15) is 14.0 Å². The number of fused-ring (bicyclic) bond motifs is 1. The predicted octanol–water partition coefficient (Wildman–Crippen LogP) is 3.79. The van der Waals surface area contributed by atoms with Crippen molar-refractivity contribution >= 4 is 22.8 Å². The molecular weight excluding hydrogens is 347 g/mol. The molecule has 0 N–H and O–H groups in total. The Kier molecular flexibility index (Phi) is 5.26. The summed E-state index contributed by atoms with van der Waals surface area (Å²) in [6.45, 7) is 1.97. The van der Waals surface area contributed by atoms with Gasteiger partial charge in [-0.2, -0.15) is 0 Å². The Balaban J connectivity index is 1.85. The summed E-state index contributed by atoms with van der Waals surface area (Å²) in [5.74, 6) is -0.872. The summed E-state index contributed by atoms with van der Waals surface area (Å²) in [6, 6.07) is 13.3. The first kappa shape index (κ1) is 18.6. The predicted molar refractivity (Wildman–Crippen MR) is 101 cm³/mol. The Morgan fingerprint density at radius 3 is 2.48 bits per heavy atom. The molecule has 0 spiro atoms. The SMILES string of the molecule is COC(=O)c1cn(CC(=O)N(C)C(C)c2ccc(F)cc2)c2ccccc12. The van der Waals surface area contributed by atoms with Crippen LogP contribution in [0.4, 0.5) is 4.39 Å². The summed E-state index contributed by atoms with van der Waals surface area (Å²) in [4.78, 5) is 26.4. The van der Waals surface area contributed by atoms with Crippen molar-refractivity contribution in [3.63, 3.8) is 0 Å². The van der Waals surface area contributed by atoms with Crippen LogP contribution in [0.2, 0.25) is 0 Å². The second-order valence-electron chi connectivity index (χ2n) is 6.41. The van der Waals surface area contributed by atoms with E-state index in [1.807, 2.05) is 31.2 Å². The topological polar surface area (TPSA) is 51.5 Å². The Morgan fingerprint density at radius 1 is 1.15 bits per heavy atom. The molecule has 140 valence electrons. The minimum absolute atomic E-state index is 0.0829. The van der Waals surface area contributed by atoms with Gasteiger partial charge in [0, 0.05) is 24.1 Å². The van der Waals surface area contributed by atoms with Gasteiger partial charge in [0.2, 0.25) is 5.91 Å². The maximum absolute atomic E-state index is 13.1. The summed E-state index contributed by atoms with van der Waals surface area (Å²) in [5, 5.41) is 0.742. The van der Waals surface area contributed by atoms with Gasteiger partial charge in [-0.15, -0.1) is 0 Å². The van der Waals surface area contributed by atoms with Crippen molar-refractivity contribution in [1.82, 2.24) is 9.47 Å². The van der Waals surface area contributed by atoms with Crippen molar-refractivity contribution in [2.45, 2.75) is 19.5 Å². The molecule has 2 aromatic carbocycles. The van der Waals surface area contributed by atoms with E-state index in [4.69, 9.17) is 4.74 Å². The van der Waals surface area contributed by atoms with Crippen molar-refractivity contribution < 1.29 is 18.7 Å². The van der Waals surface area contributed by atoms with Gasteiger partial charge >= 0.3 is 5.97 Å². The van der Waals surface area contributed by atoms with Crippen LogP contribution in [0.1, 0.15) is 28.9 Å². The van der Waals surface area contributed by atoms with Gasteiger partial charge in [0.15, 0.2) is 0 Å². The van der Waals surface area contributed by atoms with E-state index in [1.54, 1.807) is 34.8 Å². The number of rotatable bonds is 5. The highest BCUT2D eigenvalue weighted by Crippen LogP contribution is 2.24. The van der Waals surface area contributed by atoms with Crippen molar-refractivity contribution in [2.75, 3.05) is 14.2 Å². The quantitative estimate of drug-likeness (QED) is 0.644. The van der Waals surface area contributed by atoms with Gasteiger partial charge in [-0.05, 0) is 30.7 Å². The smallest absolute Gasteiger partial charge is 0.340 e. The van der Waals surface area contributed by atoms with Gasteiger partial charge in [-0.25, -0.2) is 9.18 Å². The average molecular weight is 368 g/mol. The lowest BCUT2D eigenvalue weighted by Crippen LogP contribution is -2.32. The van der Waals surface area contributed by atoms with E-state index in [1.165, 1.54) is 19.2 Å². The highest BCUT2D eigenvalue weighted by atomic mass is 19.1. The van der Waals surface area contributed by atoms with E-state index >= 15 is 0 Å². The van der Waals surface area contributed by atoms with Crippen molar-refractivity contribution in [3.8, 4) is 0 Å². The number of benzene rings is 2. The molecule has 3 rings (SSSR count). The van der Waals surface area contributed by atoms with E-state index in [-0.39, 0.29) is 24.3 Å². The number of esters is 1. The molecule has 0 aliphatic heterocycles. The summed E-state index contributed by atoms with van der Waals surface area (Å²) in [7, 11) is 3.04. The zero-order chi connectivity index (χ0) is 19.6. The molecule has 0 aliphatic rings. The number of carbonyl (C=O) groups excluding carboxylic acids is 2. The van der Waals surface area contributed by atoms with Gasteiger partial charge < -0.3 is 14.2 Å². The van der Waals surface area contributed by atoms with Crippen molar-refractivity contribution in [2.24, 2.45) is 0 Å². The molecule has 27 heavy (non-hydrogen) atoms. The molecule has 1 atom stereocenters. The van der Waals surface area contributed by atoms with Crippen LogP contribution in [0.15, 0.2) is 54.7 Å². The lowest BCUT2D eigenvalue weighted by molar-refractivity contribution is -0.132. The average Bonchev–Trinajstić information content (AvgIpc) is 3.05. The number of hydrogen-bond acceptors (Lipinski definition) is 3. The zero-order valence-corrected chi connectivity index (χ0v) is 15.5. The van der Waals surface area contributed by atoms with Gasteiger partial charge in [0.05, 0.1) is 18.7 Å². The van der Waals surface area contributed by atoms with Crippen molar-refractivity contribution in [1.29, 1.82) is 0 Å². The molecule has 6 heteroatoms. The van der Waals surface area contributed by atoms with Gasteiger partial charge in [-0.1, -0.05) is 30.3 Å². The molecule has 0 saturated heterocycles. The van der Waals surface area contributed by atoms with E-state index in [0.717, 1.165) is 16.5 Å². The first-order chi connectivity index (χ1) is 12.9. The molecular formula is C21H21FN2O3. The lowest BCUT2D eigenvalue weighted by atomic mass is 10.1. The van der Waals surface area contributed by atoms with Crippen LogP contribution in [0, 0.1) is 5.82 Å². The number of amides is 1. The molecule has 3 aromatic rings. The number of methoxy groups -OCH3 is 1. The summed E-state index contributed by atoms with van der Waals surface area (Å²) >= 11 is 0. The first-order valence-corrected chi connectivity index (χ1v) is 8.59. The first-order valence-electron chi connectivity index (χ1n) is 8.59. The normalized spacial score (nSPS) is 12.0. The molecule has 0 radical (unpaired) electrons. The van der Waals surface area contributed by atoms with E-state index in [0.29, 0.717) is 5.56 Å². The molecule has 1 unspecified atom stereocenters. The molecule has 5 nitrogen and oxygen atoms in total. The third-order valence-electron chi connectivity index (χ3n) is 4.83. The highest BCUT2D eigenvalue weighted by Gasteiger charge is 2.21. The lowest BCUT2D eigenvalue weighted by Gasteiger charge is -2.25. The molecule has 0 bridgehead atoms. The van der Waals surface area contributed by atoms with Crippen LogP contribution in [0.3, 0.4) is 0 Å². The number of hydrogen-bond donors (Lipinski definition) is 0. The molecule has 0 fully saturated rings. The monoisotopic (exact) mass is 368 g/mol. The maximum atomic E-state index is 13.1. The molecule has 1 aromatic heterocycles. The standard InChI is InChI=1S/C21H21FN2O3/c1-14(15-8-10-16(22)11-9-15)23(2)20(25)13-24-12-18(21(26)27-3)17-6-4-5-7-19(17)24/h4-12,14H,13H2,1-3H3. The van der Waals surface area contributed by atoms with Crippen LogP contribution in [0.25, 0.3) is 10.9 Å². The van der Waals surface area contributed by atoms with Gasteiger partial charge in [0.1, 0.15) is 12.4 Å². The second kappa shape index (κ2) is 7.61. The van der Waals surface area contributed by atoms with Crippen LogP contribution < -0.4 is 0 Å². The van der Waals surface area contributed by atoms with Crippen LogP contribution >= 0.6 is 0 Å². The fourth-order valence-electron chi connectivity index (χ4n) is 3.09. The highest BCUT2D eigenvalue weighted by molar-refractivity contribution is 6.04. The minimum Gasteiger partial charge on any atom is -0.465 e. The molecule has 1 heterocycles. The second-order valence-corrected chi connectivity index (χ2v) is 6.41. The minimum atomic E-state index is -0.439. The Labute approximate surface area is 157 Å². The number of carbonyl (C=O) groups is 2. The number of aromatic nitrogens is 1. The van der Waals surface area contributed by atoms with Gasteiger partial charge in [0.25, 0.3) is 0 Å². The van der Waals surface area contributed by atoms with Gasteiger partial charge in [-0.3, -0.25) is 4.79 Å². The van der Waals surface area contributed by atoms with Crippen molar-refractivity contribution in [3.05, 3.63) is 71.7 Å². The largest absolute Gasteiger partial charge is 0.465 e.